The quantitative estimate of drug-likeness (QED) is 0.789. The average molecular weight is 291 g/mol. The zero-order chi connectivity index (χ0) is 14.4. The van der Waals surface area contributed by atoms with Gasteiger partial charge in [0.2, 0.25) is 6.43 Å². The number of aromatic amines is 1. The number of H-pyrrole nitrogens is 1. The third kappa shape index (κ3) is 1.99. The molecule has 4 rings (SSSR count). The number of hydrogen-bond acceptors (Lipinski definition) is 3. The Morgan fingerprint density at radius 2 is 2.05 bits per heavy atom. The Morgan fingerprint density at radius 3 is 2.81 bits per heavy atom. The molecule has 1 saturated carbocycles. The first kappa shape index (κ1) is 12.7. The fourth-order valence-electron chi connectivity index (χ4n) is 3.34. The Kier molecular flexibility index (Phi) is 2.87. The Bertz CT molecular complexity index is 770. The summed E-state index contributed by atoms with van der Waals surface area (Å²) in [4.78, 5) is 7.34. The molecule has 0 aromatic carbocycles. The number of halogens is 2. The van der Waals surface area contributed by atoms with Gasteiger partial charge in [-0.2, -0.15) is 0 Å². The molecule has 1 N–H and O–H groups in total. The van der Waals surface area contributed by atoms with Gasteiger partial charge in [0.15, 0.2) is 0 Å². The molecule has 5 nitrogen and oxygen atoms in total. The van der Waals surface area contributed by atoms with Crippen LogP contribution in [-0.4, -0.2) is 31.2 Å². The maximum Gasteiger partial charge on any atom is 0.241 e. The lowest BCUT2D eigenvalue weighted by Crippen LogP contribution is -2.19. The van der Waals surface area contributed by atoms with Crippen LogP contribution in [0.5, 0.6) is 0 Å². The monoisotopic (exact) mass is 291 g/mol. The molecule has 3 aromatic heterocycles. The molecule has 1 aliphatic carbocycles. The van der Waals surface area contributed by atoms with E-state index >= 15 is 0 Å². The predicted molar refractivity (Wildman–Crippen MR) is 73.3 cm³/mol. The minimum atomic E-state index is -2.21. The molecular weight excluding hydrogens is 276 g/mol. The molecule has 1 fully saturated rings. The number of hydrogen-bond donors (Lipinski definition) is 1. The van der Waals surface area contributed by atoms with Crippen molar-refractivity contribution in [1.82, 2.24) is 24.8 Å². The molecule has 0 atom stereocenters. The molecule has 0 radical (unpaired) electrons. The second-order valence-electron chi connectivity index (χ2n) is 5.70. The molecule has 1 aliphatic rings. The van der Waals surface area contributed by atoms with E-state index in [1.54, 1.807) is 10.8 Å². The third-order valence-electron chi connectivity index (χ3n) is 4.51. The van der Waals surface area contributed by atoms with Crippen molar-refractivity contribution >= 4 is 16.6 Å². The van der Waals surface area contributed by atoms with Crippen molar-refractivity contribution in [3.05, 3.63) is 24.3 Å². The minimum Gasteiger partial charge on any atom is -0.346 e. The van der Waals surface area contributed by atoms with Crippen LogP contribution in [0.25, 0.3) is 16.6 Å². The first-order chi connectivity index (χ1) is 10.2. The van der Waals surface area contributed by atoms with Gasteiger partial charge >= 0.3 is 0 Å². The van der Waals surface area contributed by atoms with Crippen LogP contribution in [0.4, 0.5) is 8.78 Å². The van der Waals surface area contributed by atoms with Crippen LogP contribution in [0.1, 0.15) is 37.3 Å². The molecule has 0 aliphatic heterocycles. The average Bonchev–Trinajstić information content (AvgIpc) is 3.13. The van der Waals surface area contributed by atoms with Gasteiger partial charge in [-0.25, -0.2) is 18.3 Å². The van der Waals surface area contributed by atoms with E-state index in [1.807, 2.05) is 12.3 Å². The molecule has 0 saturated heterocycles. The molecule has 3 heterocycles. The van der Waals surface area contributed by atoms with E-state index in [0.717, 1.165) is 35.1 Å². The van der Waals surface area contributed by atoms with Gasteiger partial charge < -0.3 is 4.98 Å². The summed E-state index contributed by atoms with van der Waals surface area (Å²) in [6, 6.07) is 1.95. The molecule has 0 spiro atoms. The van der Waals surface area contributed by atoms with Crippen molar-refractivity contribution in [3.8, 4) is 0 Å². The van der Waals surface area contributed by atoms with E-state index in [0.29, 0.717) is 12.8 Å². The summed E-state index contributed by atoms with van der Waals surface area (Å²) in [5, 5.41) is 9.39. The molecule has 110 valence electrons. The second-order valence-corrected chi connectivity index (χ2v) is 5.70. The lowest BCUT2D eigenvalue weighted by Gasteiger charge is -2.26. The highest BCUT2D eigenvalue weighted by molar-refractivity contribution is 5.92. The number of nitrogens with zero attached hydrogens (tertiary/aromatic N) is 4. The Labute approximate surface area is 119 Å². The minimum absolute atomic E-state index is 0.206. The van der Waals surface area contributed by atoms with Gasteiger partial charge in [-0.05, 0) is 31.7 Å². The van der Waals surface area contributed by atoms with E-state index in [1.165, 1.54) is 0 Å². The molecule has 21 heavy (non-hydrogen) atoms. The van der Waals surface area contributed by atoms with Gasteiger partial charge in [0.25, 0.3) is 0 Å². The summed E-state index contributed by atoms with van der Waals surface area (Å²) < 4.78 is 27.2. The smallest absolute Gasteiger partial charge is 0.241 e. The standard InChI is InChI=1S/C14H15F2N5/c15-13(16)9-3-1-8(2-4-9)11-12-10-5-6-17-14(10)18-7-21(12)20-19-11/h5-9,13,17H,1-4H2. The summed E-state index contributed by atoms with van der Waals surface area (Å²) in [6.07, 6.45) is 3.88. The highest BCUT2D eigenvalue weighted by Gasteiger charge is 2.30. The van der Waals surface area contributed by atoms with Gasteiger partial charge in [-0.3, -0.25) is 0 Å². The zero-order valence-electron chi connectivity index (χ0n) is 11.3. The lowest BCUT2D eigenvalue weighted by molar-refractivity contribution is 0.0527. The van der Waals surface area contributed by atoms with Gasteiger partial charge in [0.05, 0.1) is 5.69 Å². The van der Waals surface area contributed by atoms with Crippen LogP contribution < -0.4 is 0 Å². The van der Waals surface area contributed by atoms with Crippen molar-refractivity contribution in [1.29, 1.82) is 0 Å². The summed E-state index contributed by atoms with van der Waals surface area (Å²) in [5.41, 5.74) is 2.66. The topological polar surface area (TPSA) is 58.9 Å². The summed E-state index contributed by atoms with van der Waals surface area (Å²) in [5.74, 6) is -0.255. The Balaban J connectivity index is 1.72. The lowest BCUT2D eigenvalue weighted by atomic mass is 9.80. The van der Waals surface area contributed by atoms with Gasteiger partial charge in [-0.1, -0.05) is 5.21 Å². The van der Waals surface area contributed by atoms with Gasteiger partial charge in [0, 0.05) is 23.4 Å². The highest BCUT2D eigenvalue weighted by Crippen LogP contribution is 2.39. The molecule has 3 aromatic rings. The van der Waals surface area contributed by atoms with Crippen LogP contribution in [0, 0.1) is 5.92 Å². The summed E-state index contributed by atoms with van der Waals surface area (Å²) in [7, 11) is 0. The van der Waals surface area contributed by atoms with Crippen LogP contribution in [-0.2, 0) is 0 Å². The number of fused-ring (bicyclic) bond motifs is 3. The maximum atomic E-state index is 12.8. The summed E-state index contributed by atoms with van der Waals surface area (Å²) in [6.45, 7) is 0. The van der Waals surface area contributed by atoms with Crippen molar-refractivity contribution in [3.63, 3.8) is 0 Å². The predicted octanol–water partition coefficient (Wildman–Crippen LogP) is 3.14. The molecule has 0 bridgehead atoms. The zero-order valence-corrected chi connectivity index (χ0v) is 11.3. The van der Waals surface area contributed by atoms with Crippen LogP contribution in [0.2, 0.25) is 0 Å². The van der Waals surface area contributed by atoms with Crippen molar-refractivity contribution < 1.29 is 8.78 Å². The first-order valence-corrected chi connectivity index (χ1v) is 7.19. The SMILES string of the molecule is FC(F)C1CCC(c2nnn3cnc4[nH]ccc4c23)CC1. The van der Waals surface area contributed by atoms with Crippen LogP contribution in [0.3, 0.4) is 0 Å². The normalized spacial score (nSPS) is 23.4. The van der Waals surface area contributed by atoms with E-state index in [4.69, 9.17) is 0 Å². The number of rotatable bonds is 2. The number of nitrogens with one attached hydrogen (secondary N) is 1. The Morgan fingerprint density at radius 1 is 1.24 bits per heavy atom. The number of alkyl halides is 2. The van der Waals surface area contributed by atoms with E-state index in [2.05, 4.69) is 20.3 Å². The highest BCUT2D eigenvalue weighted by atomic mass is 19.3. The largest absolute Gasteiger partial charge is 0.346 e. The fraction of sp³-hybridized carbons (Fsp3) is 0.500. The second kappa shape index (κ2) is 4.75. The molecule has 0 amide bonds. The number of aromatic nitrogens is 5. The maximum absolute atomic E-state index is 12.8. The summed E-state index contributed by atoms with van der Waals surface area (Å²) >= 11 is 0. The third-order valence-corrected chi connectivity index (χ3v) is 4.51. The van der Waals surface area contributed by atoms with Crippen LogP contribution in [0.15, 0.2) is 18.6 Å². The van der Waals surface area contributed by atoms with E-state index in [9.17, 15) is 8.78 Å². The molecule has 0 unspecified atom stereocenters. The van der Waals surface area contributed by atoms with Crippen molar-refractivity contribution in [2.24, 2.45) is 5.92 Å². The van der Waals surface area contributed by atoms with Crippen molar-refractivity contribution in [2.45, 2.75) is 38.0 Å². The van der Waals surface area contributed by atoms with Crippen molar-refractivity contribution in [2.75, 3.05) is 0 Å². The van der Waals surface area contributed by atoms with Gasteiger partial charge in [0.1, 0.15) is 17.5 Å². The first-order valence-electron chi connectivity index (χ1n) is 7.19. The van der Waals surface area contributed by atoms with Gasteiger partial charge in [-0.15, -0.1) is 5.10 Å². The molecular formula is C14H15F2N5. The Hall–Kier alpha value is -2.05. The van der Waals surface area contributed by atoms with Crippen LogP contribution >= 0.6 is 0 Å². The molecule has 7 heteroatoms. The van der Waals surface area contributed by atoms with E-state index in [-0.39, 0.29) is 5.92 Å². The van der Waals surface area contributed by atoms with E-state index < -0.39 is 12.3 Å². The fourth-order valence-corrected chi connectivity index (χ4v) is 3.34.